The molecule has 3 aromatic carbocycles. The summed E-state index contributed by atoms with van der Waals surface area (Å²) >= 11 is 0. The highest BCUT2D eigenvalue weighted by atomic mass is 19.1. The summed E-state index contributed by atoms with van der Waals surface area (Å²) in [6, 6.07) is 26.2. The molecule has 0 unspecified atom stereocenters. The van der Waals surface area contributed by atoms with E-state index in [9.17, 15) is 14.0 Å². The third-order valence-corrected chi connectivity index (χ3v) is 7.87. The number of benzene rings is 3. The fourth-order valence-electron chi connectivity index (χ4n) is 5.40. The Hall–Kier alpha value is -6.09. The molecule has 0 atom stereocenters. The van der Waals surface area contributed by atoms with Crippen molar-refractivity contribution in [2.75, 3.05) is 20.0 Å². The Morgan fingerprint density at radius 2 is 1.49 bits per heavy atom. The van der Waals surface area contributed by atoms with Crippen LogP contribution in [0.25, 0.3) is 33.4 Å². The maximum atomic E-state index is 13.7. The average Bonchev–Trinajstić information content (AvgIpc) is 3.10. The van der Waals surface area contributed by atoms with Gasteiger partial charge >= 0.3 is 0 Å². The number of ether oxygens (including phenoxy) is 2. The highest BCUT2D eigenvalue weighted by Crippen LogP contribution is 2.35. The Labute approximate surface area is 270 Å². The number of rotatable bonds is 10. The van der Waals surface area contributed by atoms with Crippen molar-refractivity contribution in [2.24, 2.45) is 0 Å². The van der Waals surface area contributed by atoms with Crippen molar-refractivity contribution in [2.45, 2.75) is 13.0 Å². The lowest BCUT2D eigenvalue weighted by molar-refractivity contribution is 0.0991. The number of hydrogen-bond donors (Lipinski definition) is 1. The molecule has 234 valence electrons. The summed E-state index contributed by atoms with van der Waals surface area (Å²) in [5, 5.41) is 0. The predicted octanol–water partition coefficient (Wildman–Crippen LogP) is 6.85. The van der Waals surface area contributed by atoms with Gasteiger partial charge in [-0.3, -0.25) is 14.6 Å². The summed E-state index contributed by atoms with van der Waals surface area (Å²) in [5.41, 5.74) is 11.5. The molecule has 0 aliphatic rings. The van der Waals surface area contributed by atoms with Crippen LogP contribution in [0.1, 0.15) is 21.6 Å². The van der Waals surface area contributed by atoms with E-state index in [1.165, 1.54) is 24.3 Å². The van der Waals surface area contributed by atoms with Crippen molar-refractivity contribution < 1.29 is 18.7 Å². The van der Waals surface area contributed by atoms with E-state index in [1.807, 2.05) is 66.7 Å². The fraction of sp³-hybridized carbons (Fsp3) is 0.105. The molecule has 0 amide bonds. The quantitative estimate of drug-likeness (QED) is 0.166. The lowest BCUT2D eigenvalue weighted by Crippen LogP contribution is -2.21. The number of anilines is 1. The largest absolute Gasteiger partial charge is 0.493 e. The summed E-state index contributed by atoms with van der Waals surface area (Å²) in [6.45, 7) is 0.349. The zero-order valence-corrected chi connectivity index (χ0v) is 25.8. The molecule has 0 saturated heterocycles. The number of carbonyl (C=O) groups is 1. The molecule has 6 rings (SSSR count). The molecule has 8 nitrogen and oxygen atoms in total. The van der Waals surface area contributed by atoms with Gasteiger partial charge in [-0.1, -0.05) is 48.5 Å². The van der Waals surface area contributed by atoms with Crippen molar-refractivity contribution in [3.63, 3.8) is 0 Å². The van der Waals surface area contributed by atoms with E-state index in [2.05, 4.69) is 9.97 Å². The number of aromatic nitrogens is 3. The Balaban J connectivity index is 1.28. The van der Waals surface area contributed by atoms with Gasteiger partial charge in [0, 0.05) is 47.9 Å². The van der Waals surface area contributed by atoms with Crippen LogP contribution in [0.4, 0.5) is 10.2 Å². The minimum absolute atomic E-state index is 0.00535. The third kappa shape index (κ3) is 6.79. The molecular formula is C38H31FN4O4. The smallest absolute Gasteiger partial charge is 0.200 e. The number of nitrogens with two attached hydrogens (primary N) is 1. The van der Waals surface area contributed by atoms with Crippen molar-refractivity contribution in [1.82, 2.24) is 14.5 Å². The average molecular weight is 627 g/mol. The zero-order chi connectivity index (χ0) is 32.9. The number of nitrogen functional groups attached to an aromatic ring is 1. The summed E-state index contributed by atoms with van der Waals surface area (Å²) in [6.07, 6.45) is 6.63. The molecule has 0 aliphatic heterocycles. The molecular weight excluding hydrogens is 595 g/mol. The molecule has 0 fully saturated rings. The molecule has 0 radical (unpaired) electrons. The summed E-state index contributed by atoms with van der Waals surface area (Å²) in [4.78, 5) is 36.0. The first-order valence-electron chi connectivity index (χ1n) is 14.8. The Morgan fingerprint density at radius 1 is 0.787 bits per heavy atom. The third-order valence-electron chi connectivity index (χ3n) is 7.87. The standard InChI is InChI=1S/C38H31FN4O4/c1-46-35-15-12-27(19-36(35)47-2)28-18-31(38(40)42-20-28)25-8-6-24(7-9-25)17-34(44)33-23-43(21-30-5-3-4-16-41-30)22-32(37(33)45)26-10-13-29(39)14-11-26/h3-16,18-20,22-23H,17,21H2,1-2H3,(H2,40,42). The molecule has 9 heteroatoms. The molecule has 47 heavy (non-hydrogen) atoms. The maximum absolute atomic E-state index is 13.7. The van der Waals surface area contributed by atoms with Crippen LogP contribution in [0.15, 0.2) is 121 Å². The second-order valence-electron chi connectivity index (χ2n) is 10.9. The van der Waals surface area contributed by atoms with Gasteiger partial charge in [-0.2, -0.15) is 0 Å². The van der Waals surface area contributed by atoms with Crippen LogP contribution < -0.4 is 20.6 Å². The molecule has 0 spiro atoms. The summed E-state index contributed by atoms with van der Waals surface area (Å²) in [5.74, 6) is 0.842. The number of carbonyl (C=O) groups excluding carboxylic acids is 1. The van der Waals surface area contributed by atoms with E-state index < -0.39 is 11.2 Å². The number of methoxy groups -OCH3 is 2. The first-order chi connectivity index (χ1) is 22.8. The van der Waals surface area contributed by atoms with Crippen molar-refractivity contribution in [3.05, 3.63) is 149 Å². The second kappa shape index (κ2) is 13.5. The summed E-state index contributed by atoms with van der Waals surface area (Å²) in [7, 11) is 3.17. The van der Waals surface area contributed by atoms with E-state index in [4.69, 9.17) is 15.2 Å². The minimum atomic E-state index is -0.415. The molecule has 0 aliphatic carbocycles. The predicted molar refractivity (Wildman–Crippen MR) is 180 cm³/mol. The van der Waals surface area contributed by atoms with Crippen LogP contribution in [0.2, 0.25) is 0 Å². The Kier molecular flexibility index (Phi) is 8.88. The van der Waals surface area contributed by atoms with Gasteiger partial charge in [0.15, 0.2) is 22.7 Å². The van der Waals surface area contributed by atoms with Gasteiger partial charge in [-0.05, 0) is 64.7 Å². The normalized spacial score (nSPS) is 10.9. The minimum Gasteiger partial charge on any atom is -0.493 e. The van der Waals surface area contributed by atoms with E-state index >= 15 is 0 Å². The van der Waals surface area contributed by atoms with Crippen LogP contribution in [0.5, 0.6) is 11.5 Å². The lowest BCUT2D eigenvalue weighted by atomic mass is 9.97. The first-order valence-corrected chi connectivity index (χ1v) is 14.8. The number of ketones is 1. The van der Waals surface area contributed by atoms with Crippen LogP contribution in [0.3, 0.4) is 0 Å². The Bertz CT molecular complexity index is 2110. The van der Waals surface area contributed by atoms with Crippen molar-refractivity contribution in [3.8, 4) is 44.9 Å². The first kappa shape index (κ1) is 30.9. The van der Waals surface area contributed by atoms with E-state index in [1.54, 1.807) is 43.6 Å². The van der Waals surface area contributed by atoms with Crippen LogP contribution >= 0.6 is 0 Å². The lowest BCUT2D eigenvalue weighted by Gasteiger charge is -2.13. The SMILES string of the molecule is COc1ccc(-c2cnc(N)c(-c3ccc(CC(=O)c4cn(Cc5ccccn5)cc(-c5ccc(F)cc5)c4=O)cc3)c2)cc1OC. The monoisotopic (exact) mass is 626 g/mol. The van der Waals surface area contributed by atoms with Gasteiger partial charge in [-0.25, -0.2) is 9.37 Å². The number of nitrogens with zero attached hydrogens (tertiary/aromatic N) is 3. The number of Topliss-reactive ketones (excluding diaryl/α,β-unsaturated/α-hetero) is 1. The van der Waals surface area contributed by atoms with Gasteiger partial charge < -0.3 is 19.8 Å². The van der Waals surface area contributed by atoms with Crippen molar-refractivity contribution in [1.29, 1.82) is 0 Å². The van der Waals surface area contributed by atoms with Gasteiger partial charge in [0.2, 0.25) is 0 Å². The fourth-order valence-corrected chi connectivity index (χ4v) is 5.40. The highest BCUT2D eigenvalue weighted by molar-refractivity contribution is 5.98. The summed E-state index contributed by atoms with van der Waals surface area (Å²) < 4.78 is 26.2. The van der Waals surface area contributed by atoms with Crippen LogP contribution in [-0.4, -0.2) is 34.5 Å². The zero-order valence-electron chi connectivity index (χ0n) is 25.8. The van der Waals surface area contributed by atoms with Gasteiger partial charge in [0.05, 0.1) is 32.0 Å². The second-order valence-corrected chi connectivity index (χ2v) is 10.9. The van der Waals surface area contributed by atoms with Crippen LogP contribution in [0, 0.1) is 5.82 Å². The number of pyridine rings is 3. The van der Waals surface area contributed by atoms with Gasteiger partial charge in [-0.15, -0.1) is 0 Å². The topological polar surface area (TPSA) is 109 Å². The van der Waals surface area contributed by atoms with Crippen LogP contribution in [-0.2, 0) is 13.0 Å². The van der Waals surface area contributed by atoms with Gasteiger partial charge in [0.1, 0.15) is 11.6 Å². The van der Waals surface area contributed by atoms with E-state index in [0.29, 0.717) is 35.0 Å². The molecule has 0 bridgehead atoms. The molecule has 2 N–H and O–H groups in total. The number of hydrogen-bond acceptors (Lipinski definition) is 7. The molecule has 3 heterocycles. The molecule has 0 saturated carbocycles. The van der Waals surface area contributed by atoms with Crippen molar-refractivity contribution >= 4 is 11.6 Å². The Morgan fingerprint density at radius 3 is 2.19 bits per heavy atom. The molecule has 6 aromatic rings. The van der Waals surface area contributed by atoms with E-state index in [0.717, 1.165) is 33.5 Å². The molecule has 3 aromatic heterocycles. The maximum Gasteiger partial charge on any atom is 0.200 e. The van der Waals surface area contributed by atoms with Gasteiger partial charge in [0.25, 0.3) is 0 Å². The highest BCUT2D eigenvalue weighted by Gasteiger charge is 2.18. The number of halogens is 1. The van der Waals surface area contributed by atoms with E-state index in [-0.39, 0.29) is 17.8 Å².